The summed E-state index contributed by atoms with van der Waals surface area (Å²) in [5.74, 6) is 0.556. The Balaban J connectivity index is 1.46. The maximum atomic E-state index is 13.3. The first-order valence-electron chi connectivity index (χ1n) is 8.30. The fourth-order valence-corrected chi connectivity index (χ4v) is 2.94. The normalized spacial score (nSPS) is 21.6. The van der Waals surface area contributed by atoms with Crippen molar-refractivity contribution >= 4 is 11.6 Å². The maximum Gasteiger partial charge on any atom is 0.190 e. The number of rotatable bonds is 5. The molecule has 4 nitrogen and oxygen atoms in total. The van der Waals surface area contributed by atoms with Gasteiger partial charge in [0, 0.05) is 45.0 Å². The molecule has 0 aromatic heterocycles. The number of hydrogen-bond acceptors (Lipinski definition) is 2. The first-order valence-corrected chi connectivity index (χ1v) is 8.30. The lowest BCUT2D eigenvalue weighted by atomic mass is 10.1. The van der Waals surface area contributed by atoms with Gasteiger partial charge in [-0.15, -0.1) is 0 Å². The summed E-state index contributed by atoms with van der Waals surface area (Å²) in [4.78, 5) is 6.34. The van der Waals surface area contributed by atoms with Crippen LogP contribution in [0.15, 0.2) is 23.2 Å². The third-order valence-electron chi connectivity index (χ3n) is 4.59. The van der Waals surface area contributed by atoms with Crippen molar-refractivity contribution in [1.82, 2.24) is 10.6 Å². The van der Waals surface area contributed by atoms with E-state index in [9.17, 15) is 8.78 Å². The van der Waals surface area contributed by atoms with Crippen molar-refractivity contribution in [3.63, 3.8) is 0 Å². The lowest BCUT2D eigenvalue weighted by Crippen LogP contribution is -2.41. The van der Waals surface area contributed by atoms with Gasteiger partial charge in [-0.25, -0.2) is 8.78 Å². The second kappa shape index (κ2) is 7.15. The molecule has 1 saturated heterocycles. The van der Waals surface area contributed by atoms with Gasteiger partial charge in [0.1, 0.15) is 0 Å². The van der Waals surface area contributed by atoms with Crippen molar-refractivity contribution in [2.45, 2.75) is 19.3 Å². The smallest absolute Gasteiger partial charge is 0.190 e. The molecule has 0 radical (unpaired) electrons. The Morgan fingerprint density at radius 2 is 1.87 bits per heavy atom. The summed E-state index contributed by atoms with van der Waals surface area (Å²) < 4.78 is 26.4. The molecule has 2 fully saturated rings. The van der Waals surface area contributed by atoms with E-state index < -0.39 is 11.6 Å². The molecule has 1 saturated carbocycles. The number of benzene rings is 1. The van der Waals surface area contributed by atoms with Gasteiger partial charge in [0.2, 0.25) is 0 Å². The standard InChI is InChI=1S/C17H24F2N4/c1-20-17(21-9-12-2-3-12)22-10-13-6-7-23(11-13)14-4-5-15(18)16(19)8-14/h4-5,8,12-13H,2-3,6-7,9-11H2,1H3,(H2,20,21,22). The number of anilines is 1. The highest BCUT2D eigenvalue weighted by Crippen LogP contribution is 2.27. The highest BCUT2D eigenvalue weighted by molar-refractivity contribution is 5.79. The van der Waals surface area contributed by atoms with Gasteiger partial charge in [0.25, 0.3) is 0 Å². The van der Waals surface area contributed by atoms with Gasteiger partial charge in [-0.3, -0.25) is 4.99 Å². The van der Waals surface area contributed by atoms with Crippen LogP contribution >= 0.6 is 0 Å². The highest BCUT2D eigenvalue weighted by atomic mass is 19.2. The Hall–Kier alpha value is -1.85. The summed E-state index contributed by atoms with van der Waals surface area (Å²) in [5.41, 5.74) is 0.752. The topological polar surface area (TPSA) is 39.7 Å². The summed E-state index contributed by atoms with van der Waals surface area (Å²) in [6.07, 6.45) is 3.66. The van der Waals surface area contributed by atoms with Crippen LogP contribution in [-0.4, -0.2) is 39.2 Å². The third kappa shape index (κ3) is 4.33. The molecule has 1 unspecified atom stereocenters. The Labute approximate surface area is 136 Å². The Kier molecular flexibility index (Phi) is 4.98. The predicted molar refractivity (Wildman–Crippen MR) is 88.8 cm³/mol. The number of hydrogen-bond donors (Lipinski definition) is 2. The first-order chi connectivity index (χ1) is 11.2. The molecular formula is C17H24F2N4. The van der Waals surface area contributed by atoms with Crippen molar-refractivity contribution in [3.8, 4) is 0 Å². The summed E-state index contributed by atoms with van der Waals surface area (Å²) in [6, 6.07) is 4.12. The van der Waals surface area contributed by atoms with Crippen LogP contribution in [0.5, 0.6) is 0 Å². The van der Waals surface area contributed by atoms with Crippen LogP contribution in [0.3, 0.4) is 0 Å². The summed E-state index contributed by atoms with van der Waals surface area (Å²) in [7, 11) is 1.78. The molecule has 0 bridgehead atoms. The molecule has 1 atom stereocenters. The molecule has 1 heterocycles. The van der Waals surface area contributed by atoms with Gasteiger partial charge in [-0.2, -0.15) is 0 Å². The quantitative estimate of drug-likeness (QED) is 0.646. The van der Waals surface area contributed by atoms with Crippen LogP contribution < -0.4 is 15.5 Å². The van der Waals surface area contributed by atoms with Crippen molar-refractivity contribution in [1.29, 1.82) is 0 Å². The molecule has 126 valence electrons. The Morgan fingerprint density at radius 1 is 1.13 bits per heavy atom. The molecule has 6 heteroatoms. The van der Waals surface area contributed by atoms with Crippen molar-refractivity contribution < 1.29 is 8.78 Å². The van der Waals surface area contributed by atoms with Gasteiger partial charge in [0.05, 0.1) is 0 Å². The zero-order valence-corrected chi connectivity index (χ0v) is 13.5. The molecule has 23 heavy (non-hydrogen) atoms. The van der Waals surface area contributed by atoms with Crippen molar-refractivity contribution in [3.05, 3.63) is 29.8 Å². The molecule has 2 aliphatic rings. The van der Waals surface area contributed by atoms with Gasteiger partial charge < -0.3 is 15.5 Å². The molecule has 0 spiro atoms. The van der Waals surface area contributed by atoms with Gasteiger partial charge >= 0.3 is 0 Å². The fourth-order valence-electron chi connectivity index (χ4n) is 2.94. The monoisotopic (exact) mass is 322 g/mol. The van der Waals surface area contributed by atoms with Crippen LogP contribution in [0.1, 0.15) is 19.3 Å². The minimum Gasteiger partial charge on any atom is -0.371 e. The number of nitrogens with one attached hydrogen (secondary N) is 2. The molecule has 1 aliphatic carbocycles. The van der Waals surface area contributed by atoms with Gasteiger partial charge in [-0.1, -0.05) is 0 Å². The molecule has 3 rings (SSSR count). The molecule has 1 aromatic rings. The predicted octanol–water partition coefficient (Wildman–Crippen LogP) is 2.37. The summed E-state index contributed by atoms with van der Waals surface area (Å²) >= 11 is 0. The molecule has 2 N–H and O–H groups in total. The van der Waals surface area contributed by atoms with Crippen molar-refractivity contribution in [2.75, 3.05) is 38.1 Å². The molecule has 1 aromatic carbocycles. The Bertz CT molecular complexity index is 572. The fraction of sp³-hybridized carbons (Fsp3) is 0.588. The minimum absolute atomic E-state index is 0.475. The lowest BCUT2D eigenvalue weighted by molar-refractivity contribution is 0.508. The van der Waals surface area contributed by atoms with E-state index in [-0.39, 0.29) is 0 Å². The molecular weight excluding hydrogens is 298 g/mol. The number of nitrogens with zero attached hydrogens (tertiary/aromatic N) is 2. The van der Waals surface area contributed by atoms with Crippen LogP contribution in [-0.2, 0) is 0 Å². The summed E-state index contributed by atoms with van der Waals surface area (Å²) in [6.45, 7) is 3.54. The zero-order valence-electron chi connectivity index (χ0n) is 13.5. The number of halogens is 2. The van der Waals surface area contributed by atoms with E-state index >= 15 is 0 Å². The zero-order chi connectivity index (χ0) is 16.2. The van der Waals surface area contributed by atoms with Crippen LogP contribution in [0.25, 0.3) is 0 Å². The van der Waals surface area contributed by atoms with E-state index in [1.165, 1.54) is 25.0 Å². The summed E-state index contributed by atoms with van der Waals surface area (Å²) in [5, 5.41) is 6.71. The number of aliphatic imine (C=N–C) groups is 1. The highest BCUT2D eigenvalue weighted by Gasteiger charge is 2.24. The maximum absolute atomic E-state index is 13.3. The second-order valence-corrected chi connectivity index (χ2v) is 6.48. The third-order valence-corrected chi connectivity index (χ3v) is 4.59. The second-order valence-electron chi connectivity index (χ2n) is 6.48. The van der Waals surface area contributed by atoms with Crippen molar-refractivity contribution in [2.24, 2.45) is 16.8 Å². The van der Waals surface area contributed by atoms with Crippen LogP contribution in [0.4, 0.5) is 14.5 Å². The van der Waals surface area contributed by atoms with Gasteiger partial charge in [-0.05, 0) is 43.2 Å². The lowest BCUT2D eigenvalue weighted by Gasteiger charge is -2.19. The Morgan fingerprint density at radius 3 is 2.52 bits per heavy atom. The number of guanidine groups is 1. The van der Waals surface area contributed by atoms with E-state index in [0.717, 1.165) is 50.2 Å². The van der Waals surface area contributed by atoms with E-state index in [1.807, 2.05) is 0 Å². The average molecular weight is 322 g/mol. The van der Waals surface area contributed by atoms with E-state index in [0.29, 0.717) is 5.92 Å². The van der Waals surface area contributed by atoms with Crippen LogP contribution in [0, 0.1) is 23.5 Å². The molecule has 1 aliphatic heterocycles. The first kappa shape index (κ1) is 16.0. The van der Waals surface area contributed by atoms with E-state index in [4.69, 9.17) is 0 Å². The largest absolute Gasteiger partial charge is 0.371 e. The minimum atomic E-state index is -0.795. The van der Waals surface area contributed by atoms with E-state index in [2.05, 4.69) is 20.5 Å². The average Bonchev–Trinajstić information content (AvgIpc) is 3.26. The SMILES string of the molecule is CN=C(NCC1CC1)NCC1CCN(c2ccc(F)c(F)c2)C1. The van der Waals surface area contributed by atoms with E-state index in [1.54, 1.807) is 13.1 Å². The van der Waals surface area contributed by atoms with Crippen LogP contribution in [0.2, 0.25) is 0 Å². The molecule has 0 amide bonds. The van der Waals surface area contributed by atoms with Gasteiger partial charge in [0.15, 0.2) is 17.6 Å².